The zero-order valence-electron chi connectivity index (χ0n) is 13.5. The molecule has 2 amide bonds. The van der Waals surface area contributed by atoms with E-state index in [-0.39, 0.29) is 16.3 Å². The highest BCUT2D eigenvalue weighted by molar-refractivity contribution is 7.99. The first-order valence-corrected chi connectivity index (χ1v) is 8.51. The second-order valence-electron chi connectivity index (χ2n) is 6.06. The van der Waals surface area contributed by atoms with Crippen molar-refractivity contribution in [3.05, 3.63) is 48.0 Å². The molecule has 0 spiro atoms. The molecule has 0 aliphatic carbocycles. The fourth-order valence-electron chi connectivity index (χ4n) is 3.31. The molecule has 28 heavy (non-hydrogen) atoms. The molecule has 1 N–H and O–H groups in total. The highest BCUT2D eigenvalue weighted by atomic mass is 32.2. The zero-order chi connectivity index (χ0) is 20.5. The van der Waals surface area contributed by atoms with Crippen molar-refractivity contribution in [1.29, 1.82) is 0 Å². The summed E-state index contributed by atoms with van der Waals surface area (Å²) in [5.74, 6) is -4.57. The Bertz CT molecular complexity index is 1020. The largest absolute Gasteiger partial charge is 0.471 e. The van der Waals surface area contributed by atoms with Gasteiger partial charge in [-0.3, -0.25) is 14.5 Å². The Balaban J connectivity index is 2.00. The van der Waals surface area contributed by atoms with Crippen molar-refractivity contribution in [3.8, 4) is 0 Å². The highest BCUT2D eigenvalue weighted by Gasteiger charge is 2.70. The van der Waals surface area contributed by atoms with Gasteiger partial charge < -0.3 is 5.32 Å². The molecule has 4 rings (SSSR count). The zero-order valence-corrected chi connectivity index (χ0v) is 14.3. The topological polar surface area (TPSA) is 49.4 Å². The molecule has 4 nitrogen and oxygen atoms in total. The molecule has 1 atom stereocenters. The molecule has 2 aliphatic rings. The molecule has 0 saturated heterocycles. The van der Waals surface area contributed by atoms with E-state index < -0.39 is 35.3 Å². The van der Waals surface area contributed by atoms with Crippen molar-refractivity contribution < 1.29 is 35.9 Å². The minimum atomic E-state index is -5.60. The van der Waals surface area contributed by atoms with Gasteiger partial charge in [-0.25, -0.2) is 0 Å². The van der Waals surface area contributed by atoms with Crippen LogP contribution in [0.1, 0.15) is 5.56 Å². The van der Waals surface area contributed by atoms with Gasteiger partial charge in [0, 0.05) is 15.4 Å². The lowest BCUT2D eigenvalue weighted by Gasteiger charge is -2.32. The summed E-state index contributed by atoms with van der Waals surface area (Å²) < 4.78 is 80.6. The molecular weight excluding hydrogens is 410 g/mol. The number of alkyl halides is 6. The summed E-state index contributed by atoms with van der Waals surface area (Å²) in [4.78, 5) is 25.9. The number of hydrogen-bond acceptors (Lipinski definition) is 3. The molecular formula is C17H8F6N2O2S. The predicted molar refractivity (Wildman–Crippen MR) is 86.1 cm³/mol. The number of benzene rings is 2. The number of nitrogens with zero attached hydrogens (tertiary/aromatic N) is 1. The van der Waals surface area contributed by atoms with Gasteiger partial charge >= 0.3 is 18.3 Å². The molecule has 11 heteroatoms. The summed E-state index contributed by atoms with van der Waals surface area (Å²) in [6, 6.07) is 9.62. The third-order valence-corrected chi connectivity index (χ3v) is 5.57. The molecule has 2 aromatic rings. The molecule has 0 aromatic heterocycles. The Labute approximate surface area is 157 Å². The van der Waals surface area contributed by atoms with Crippen molar-refractivity contribution in [2.24, 2.45) is 0 Å². The van der Waals surface area contributed by atoms with Gasteiger partial charge in [0.2, 0.25) is 5.54 Å². The van der Waals surface area contributed by atoms with E-state index in [0.29, 0.717) is 4.90 Å². The van der Waals surface area contributed by atoms with Crippen LogP contribution >= 0.6 is 11.8 Å². The number of halogens is 6. The van der Waals surface area contributed by atoms with Gasteiger partial charge in [0.15, 0.2) is 0 Å². The summed E-state index contributed by atoms with van der Waals surface area (Å²) >= 11 is 1.08. The van der Waals surface area contributed by atoms with Crippen molar-refractivity contribution in [2.45, 2.75) is 27.7 Å². The number of para-hydroxylation sites is 2. The molecule has 0 unspecified atom stereocenters. The first kappa shape index (κ1) is 18.7. The number of rotatable bonds is 1. The van der Waals surface area contributed by atoms with E-state index in [9.17, 15) is 35.9 Å². The van der Waals surface area contributed by atoms with E-state index in [2.05, 4.69) is 0 Å². The van der Waals surface area contributed by atoms with Crippen molar-refractivity contribution >= 4 is 35.0 Å². The molecule has 2 aromatic carbocycles. The van der Waals surface area contributed by atoms with E-state index in [1.165, 1.54) is 24.3 Å². The summed E-state index contributed by atoms with van der Waals surface area (Å²) in [6.07, 6.45) is -11.1. The van der Waals surface area contributed by atoms with E-state index in [4.69, 9.17) is 0 Å². The first-order valence-electron chi connectivity index (χ1n) is 7.69. The Morgan fingerprint density at radius 1 is 0.964 bits per heavy atom. The Hall–Kier alpha value is -2.69. The number of carbonyl (C=O) groups excluding carboxylic acids is 2. The minimum Gasteiger partial charge on any atom is -0.323 e. The van der Waals surface area contributed by atoms with Crippen LogP contribution in [0, 0.1) is 0 Å². The Morgan fingerprint density at radius 3 is 2.25 bits per heavy atom. The standard InChI is InChI=1S/C17H8F6N2O2S/c18-16(19,20)13(26)24-15(17(21,22)23)8-4-3-7-11-12(8)25(14(15)27)9-5-1-2-6-10(9)28-11/h1-7H,(H,24,26)/t15-/m1/s1. The maximum atomic E-state index is 14.1. The Morgan fingerprint density at radius 2 is 1.61 bits per heavy atom. The van der Waals surface area contributed by atoms with Gasteiger partial charge in [0.25, 0.3) is 5.91 Å². The number of anilines is 2. The summed E-state index contributed by atoms with van der Waals surface area (Å²) in [6.45, 7) is 0. The van der Waals surface area contributed by atoms with Gasteiger partial charge in [-0.15, -0.1) is 0 Å². The molecule has 0 saturated carbocycles. The predicted octanol–water partition coefficient (Wildman–Crippen LogP) is 4.27. The van der Waals surface area contributed by atoms with Crippen LogP contribution in [-0.4, -0.2) is 24.2 Å². The van der Waals surface area contributed by atoms with Crippen LogP contribution in [0.25, 0.3) is 0 Å². The lowest BCUT2D eigenvalue weighted by atomic mass is 9.90. The minimum absolute atomic E-state index is 0.102. The van der Waals surface area contributed by atoms with E-state index in [0.717, 1.165) is 28.0 Å². The van der Waals surface area contributed by atoms with Crippen LogP contribution in [0.2, 0.25) is 0 Å². The van der Waals surface area contributed by atoms with E-state index in [1.54, 1.807) is 12.1 Å². The summed E-state index contributed by atoms with van der Waals surface area (Å²) in [5.41, 5.74) is -4.67. The number of amides is 2. The smallest absolute Gasteiger partial charge is 0.323 e. The van der Waals surface area contributed by atoms with E-state index >= 15 is 0 Å². The maximum absolute atomic E-state index is 14.1. The monoisotopic (exact) mass is 418 g/mol. The normalized spacial score (nSPS) is 20.6. The summed E-state index contributed by atoms with van der Waals surface area (Å²) in [7, 11) is 0. The van der Waals surface area contributed by atoms with Gasteiger partial charge in [0.1, 0.15) is 0 Å². The average Bonchev–Trinajstić information content (AvgIpc) is 2.86. The molecule has 146 valence electrons. The van der Waals surface area contributed by atoms with Crippen LogP contribution in [0.5, 0.6) is 0 Å². The molecule has 2 aliphatic heterocycles. The highest BCUT2D eigenvalue weighted by Crippen LogP contribution is 2.59. The number of carbonyl (C=O) groups is 2. The van der Waals surface area contributed by atoms with Crippen LogP contribution in [-0.2, 0) is 15.1 Å². The average molecular weight is 418 g/mol. The van der Waals surface area contributed by atoms with Crippen molar-refractivity contribution in [2.75, 3.05) is 4.90 Å². The lowest BCUT2D eigenvalue weighted by Crippen LogP contribution is -2.63. The lowest BCUT2D eigenvalue weighted by molar-refractivity contribution is -0.210. The van der Waals surface area contributed by atoms with Crippen molar-refractivity contribution in [3.63, 3.8) is 0 Å². The molecule has 0 bridgehead atoms. The third-order valence-electron chi connectivity index (χ3n) is 4.46. The number of fused-ring (bicyclic) bond motifs is 2. The van der Waals surface area contributed by atoms with Gasteiger partial charge in [-0.1, -0.05) is 36.0 Å². The van der Waals surface area contributed by atoms with Crippen LogP contribution in [0.3, 0.4) is 0 Å². The molecule has 0 fully saturated rings. The fraction of sp³-hybridized carbons (Fsp3) is 0.176. The van der Waals surface area contributed by atoms with Crippen molar-refractivity contribution in [1.82, 2.24) is 5.32 Å². The number of hydrogen-bond donors (Lipinski definition) is 1. The van der Waals surface area contributed by atoms with Gasteiger partial charge in [-0.05, 0) is 18.2 Å². The SMILES string of the molecule is O=C(N[C@@]1(C(F)(F)F)C(=O)N2c3ccccc3Sc3cccc1c32)C(F)(F)F. The second kappa shape index (κ2) is 5.66. The van der Waals surface area contributed by atoms with Gasteiger partial charge in [-0.2, -0.15) is 26.3 Å². The maximum Gasteiger partial charge on any atom is 0.471 e. The summed E-state index contributed by atoms with van der Waals surface area (Å²) in [5, 5.41) is 0.939. The third kappa shape index (κ3) is 2.35. The van der Waals surface area contributed by atoms with Gasteiger partial charge in [0.05, 0.1) is 11.4 Å². The van der Waals surface area contributed by atoms with Crippen LogP contribution in [0.15, 0.2) is 52.3 Å². The quantitative estimate of drug-likeness (QED) is 0.704. The number of nitrogens with one attached hydrogen (secondary N) is 1. The van der Waals surface area contributed by atoms with Crippen LogP contribution < -0.4 is 10.2 Å². The Kier molecular flexibility index (Phi) is 3.77. The van der Waals surface area contributed by atoms with E-state index in [1.807, 2.05) is 0 Å². The fourth-order valence-corrected chi connectivity index (χ4v) is 4.40. The molecule has 2 heterocycles. The second-order valence-corrected chi connectivity index (χ2v) is 7.15. The first-order chi connectivity index (χ1) is 13.0. The molecule has 0 radical (unpaired) electrons. The van der Waals surface area contributed by atoms with Crippen LogP contribution in [0.4, 0.5) is 37.7 Å².